The van der Waals surface area contributed by atoms with Gasteiger partial charge in [-0.3, -0.25) is 13.7 Å². The highest BCUT2D eigenvalue weighted by Gasteiger charge is 2.22. The van der Waals surface area contributed by atoms with Crippen LogP contribution in [0.1, 0.15) is 81.5 Å². The highest BCUT2D eigenvalue weighted by Crippen LogP contribution is 2.35. The second kappa shape index (κ2) is 27.2. The Bertz CT molecular complexity index is 5470. The van der Waals surface area contributed by atoms with Crippen molar-refractivity contribution in [2.75, 3.05) is 12.5 Å². The van der Waals surface area contributed by atoms with Crippen molar-refractivity contribution in [3.63, 3.8) is 0 Å². The van der Waals surface area contributed by atoms with E-state index in [4.69, 9.17) is 10.2 Å². The maximum Gasteiger partial charge on any atom is 0.355 e. The molecule has 95 heavy (non-hydrogen) atoms. The fourth-order valence-electron chi connectivity index (χ4n) is 10.7. The van der Waals surface area contributed by atoms with E-state index in [9.17, 15) is 63.7 Å². The van der Waals surface area contributed by atoms with Crippen molar-refractivity contribution in [1.82, 2.24) is 28.7 Å². The minimum absolute atomic E-state index is 0.0127. The van der Waals surface area contributed by atoms with E-state index in [1.54, 1.807) is 97.2 Å². The molecule has 0 amide bonds. The molecule has 0 bridgehead atoms. The SMILES string of the molecule is CS(=O)(=O)c1ccc(Cc2cn(-c3nc(C(=O)O)cs3)c3cc(CO)ccc23)cc1.CS(=O)(=O)c1ccc(Cc2cn(-c3nc(C(=O)O)cs3)c3cccc(Cc4ccccc4F)c23)cc1.NS(=O)(=O)c1ccc(Cc2cn(-c3nc(C(=O)O)cs3)c3c(F)cccc23)cc1. The van der Waals surface area contributed by atoms with Gasteiger partial charge in [0.1, 0.15) is 11.6 Å². The second-order valence-electron chi connectivity index (χ2n) is 21.8. The lowest BCUT2D eigenvalue weighted by Crippen LogP contribution is -2.11. The average Bonchev–Trinajstić information content (AvgIpc) is 1.64. The Morgan fingerprint density at radius 3 is 1.36 bits per heavy atom. The number of halogens is 2. The van der Waals surface area contributed by atoms with Crippen LogP contribution in [0, 0.1) is 11.6 Å². The number of aromatic nitrogens is 6. The van der Waals surface area contributed by atoms with Gasteiger partial charge in [-0.05, 0) is 130 Å². The molecule has 0 atom stereocenters. The van der Waals surface area contributed by atoms with Gasteiger partial charge in [-0.25, -0.2) is 68.5 Å². The van der Waals surface area contributed by atoms with Crippen LogP contribution < -0.4 is 5.14 Å². The van der Waals surface area contributed by atoms with Gasteiger partial charge < -0.3 is 20.4 Å². The number of nitrogens with two attached hydrogens (primary N) is 1. The molecule has 6 N–H and O–H groups in total. The Kier molecular flexibility index (Phi) is 19.1. The van der Waals surface area contributed by atoms with Crippen LogP contribution in [0.2, 0.25) is 0 Å². The Labute approximate surface area is 553 Å². The molecule has 7 aromatic carbocycles. The quantitative estimate of drug-likeness (QED) is 0.0533. The number of rotatable bonds is 18. The maximum absolute atomic E-state index is 14.6. The molecule has 13 rings (SSSR count). The molecule has 0 saturated heterocycles. The van der Waals surface area contributed by atoms with E-state index in [0.29, 0.717) is 57.5 Å². The minimum atomic E-state index is -3.78. The fraction of sp³-hybridized carbons (Fsp3) is 0.104. The summed E-state index contributed by atoms with van der Waals surface area (Å²) in [5.74, 6) is -4.07. The summed E-state index contributed by atoms with van der Waals surface area (Å²) in [6.07, 6.45) is 9.73. The van der Waals surface area contributed by atoms with E-state index < -0.39 is 53.4 Å². The number of aromatic carboxylic acids is 3. The summed E-state index contributed by atoms with van der Waals surface area (Å²) >= 11 is 3.55. The van der Waals surface area contributed by atoms with Crippen molar-refractivity contribution < 1.29 is 68.8 Å². The molecule has 0 spiro atoms. The van der Waals surface area contributed by atoms with E-state index in [1.807, 2.05) is 57.9 Å². The zero-order valence-corrected chi connectivity index (χ0v) is 54.8. The minimum Gasteiger partial charge on any atom is -0.476 e. The van der Waals surface area contributed by atoms with Gasteiger partial charge >= 0.3 is 17.9 Å². The Hall–Kier alpha value is -9.91. The average molecular weight is 1390 g/mol. The molecule has 0 aliphatic carbocycles. The van der Waals surface area contributed by atoms with Gasteiger partial charge in [0.25, 0.3) is 0 Å². The molecule has 20 nitrogen and oxygen atoms in total. The summed E-state index contributed by atoms with van der Waals surface area (Å²) in [5.41, 5.74) is 9.40. The molecule has 0 aliphatic rings. The molecule has 0 saturated carbocycles. The molecule has 0 radical (unpaired) electrons. The zero-order valence-electron chi connectivity index (χ0n) is 49.9. The number of para-hydroxylation sites is 1. The van der Waals surface area contributed by atoms with Crippen LogP contribution in [0.4, 0.5) is 8.78 Å². The number of carboxylic acid groups (broad SMARTS) is 3. The molecule has 28 heteroatoms. The molecule has 0 aliphatic heterocycles. The molecule has 484 valence electrons. The number of nitrogens with zero attached hydrogens (tertiary/aromatic N) is 6. The van der Waals surface area contributed by atoms with Crippen LogP contribution in [0.5, 0.6) is 0 Å². The summed E-state index contributed by atoms with van der Waals surface area (Å²) in [6, 6.07) is 42.4. The predicted molar refractivity (Wildman–Crippen MR) is 358 cm³/mol. The topological polar surface area (TPSA) is 314 Å². The summed E-state index contributed by atoms with van der Waals surface area (Å²) in [7, 11) is -10.3. The lowest BCUT2D eigenvalue weighted by atomic mass is 9.96. The van der Waals surface area contributed by atoms with Gasteiger partial charge in [0.05, 0.1) is 37.8 Å². The third-order valence-corrected chi connectivity index (χ3v) is 20.9. The Morgan fingerprint density at radius 2 is 0.874 bits per heavy atom. The first kappa shape index (κ1) is 66.5. The highest BCUT2D eigenvalue weighted by atomic mass is 32.2. The fourth-order valence-corrected chi connectivity index (χ4v) is 14.8. The van der Waals surface area contributed by atoms with Gasteiger partial charge in [0.2, 0.25) is 10.0 Å². The number of aliphatic hydroxyl groups excluding tert-OH is 1. The van der Waals surface area contributed by atoms with Crippen LogP contribution in [0.3, 0.4) is 0 Å². The molecule has 13 aromatic rings. The molecular formula is C67H53F2N7O13S6. The number of hydrogen-bond acceptors (Lipinski definition) is 16. The number of hydrogen-bond donors (Lipinski definition) is 5. The number of benzene rings is 7. The lowest BCUT2D eigenvalue weighted by molar-refractivity contribution is 0.0680. The van der Waals surface area contributed by atoms with Gasteiger partial charge in [0, 0.05) is 69.8 Å². The number of fused-ring (bicyclic) bond motifs is 3. The van der Waals surface area contributed by atoms with Crippen LogP contribution in [0.25, 0.3) is 48.1 Å². The number of aliphatic hydroxyl groups is 1. The molecular weight excluding hydrogens is 1340 g/mol. The number of sulfonamides is 1. The maximum atomic E-state index is 14.6. The first-order valence-corrected chi connectivity index (χ1v) is 36.3. The first-order chi connectivity index (χ1) is 45.2. The highest BCUT2D eigenvalue weighted by molar-refractivity contribution is 7.91. The van der Waals surface area contributed by atoms with Crippen molar-refractivity contribution in [1.29, 1.82) is 0 Å². The number of carboxylic acids is 3. The van der Waals surface area contributed by atoms with Gasteiger partial charge in [-0.15, -0.1) is 34.0 Å². The summed E-state index contributed by atoms with van der Waals surface area (Å²) in [4.78, 5) is 46.8. The van der Waals surface area contributed by atoms with Crippen molar-refractivity contribution in [3.8, 4) is 15.4 Å². The van der Waals surface area contributed by atoms with E-state index in [2.05, 4.69) is 15.0 Å². The standard InChI is InChI=1S/C27H21FN2O4S2.C21H18N2O5S2.C19H14FN3O4S2/c1-36(33,34)21-11-9-17(10-12-21)13-20-15-30(27-29-23(16-35-27)26(31)32)24-8-4-6-19(25(20)24)14-18-5-2-3-7-22(18)28;1-30(27,28)16-5-2-13(3-6-16)8-15-10-23(21-22-18(12-29-21)20(25)26)19-9-14(11-24)4-7-17(15)19;20-15-3-1-2-14-12(8-11-4-6-13(7-5-11)29(21,26)27)9-23(17(14)15)19-22-16(10-28-19)18(24)25/h2-12,15-16H,13-14H2,1H3,(H,31,32);2-7,9-10,12,24H,8,11H2,1H3,(H,25,26);1-7,9-10H,8H2,(H,24,25)(H2,21,26,27). The van der Waals surface area contributed by atoms with Gasteiger partial charge in [0.15, 0.2) is 52.2 Å². The van der Waals surface area contributed by atoms with Crippen LogP contribution >= 0.6 is 34.0 Å². The number of carbonyl (C=O) groups is 3. The third-order valence-electron chi connectivity index (χ3n) is 15.2. The van der Waals surface area contributed by atoms with E-state index in [1.165, 1.54) is 80.2 Å². The predicted octanol–water partition coefficient (Wildman–Crippen LogP) is 11.9. The molecule has 6 aromatic heterocycles. The number of primary sulfonamides is 1. The first-order valence-electron chi connectivity index (χ1n) is 28.4. The van der Waals surface area contributed by atoms with Crippen molar-refractivity contribution in [2.45, 2.75) is 47.0 Å². The Morgan fingerprint density at radius 1 is 0.453 bits per heavy atom. The summed E-state index contributed by atoms with van der Waals surface area (Å²) in [6.45, 7) is -0.109. The Balaban J connectivity index is 0.000000146. The van der Waals surface area contributed by atoms with Gasteiger partial charge in [-0.2, -0.15) is 0 Å². The van der Waals surface area contributed by atoms with E-state index >= 15 is 0 Å². The number of sulfone groups is 2. The number of thiazole rings is 3. The van der Waals surface area contributed by atoms with Gasteiger partial charge in [-0.1, -0.05) is 91.0 Å². The van der Waals surface area contributed by atoms with Crippen LogP contribution in [-0.4, -0.2) is 105 Å². The smallest absolute Gasteiger partial charge is 0.355 e. The van der Waals surface area contributed by atoms with E-state index in [0.717, 1.165) is 77.7 Å². The van der Waals surface area contributed by atoms with Crippen molar-refractivity contribution >= 4 is 114 Å². The normalized spacial score (nSPS) is 11.8. The molecule has 6 heterocycles. The lowest BCUT2D eigenvalue weighted by Gasteiger charge is -2.09. The van der Waals surface area contributed by atoms with Crippen LogP contribution in [-0.2, 0) is 62.0 Å². The van der Waals surface area contributed by atoms with Crippen LogP contribution in [0.15, 0.2) is 201 Å². The second-order valence-corrected chi connectivity index (χ2v) is 29.9. The van der Waals surface area contributed by atoms with Crippen molar-refractivity contribution in [3.05, 3.63) is 265 Å². The van der Waals surface area contributed by atoms with E-state index in [-0.39, 0.29) is 44.2 Å². The third kappa shape index (κ3) is 14.9. The molecule has 0 unspecified atom stereocenters. The molecule has 0 fully saturated rings. The summed E-state index contributed by atoms with van der Waals surface area (Å²) in [5, 5.41) is 50.5. The summed E-state index contributed by atoms with van der Waals surface area (Å²) < 4.78 is 104. The monoisotopic (exact) mass is 1390 g/mol. The largest absolute Gasteiger partial charge is 0.476 e. The van der Waals surface area contributed by atoms with Crippen molar-refractivity contribution in [2.24, 2.45) is 5.14 Å². The zero-order chi connectivity index (χ0) is 67.7.